The number of aromatic nitrogens is 1. The molecule has 1 saturated heterocycles. The molecule has 0 bridgehead atoms. The van der Waals surface area contributed by atoms with E-state index in [4.69, 9.17) is 10.3 Å². The van der Waals surface area contributed by atoms with Crippen LogP contribution in [0.15, 0.2) is 4.52 Å². The molecule has 98 valence electrons. The van der Waals surface area contributed by atoms with Crippen LogP contribution in [0.25, 0.3) is 0 Å². The van der Waals surface area contributed by atoms with Crippen LogP contribution in [0.3, 0.4) is 0 Å². The van der Waals surface area contributed by atoms with Gasteiger partial charge in [-0.3, -0.25) is 9.69 Å². The molecular formula is C12H18N4O2. The first-order valence-corrected chi connectivity index (χ1v) is 6.47. The van der Waals surface area contributed by atoms with Crippen LogP contribution < -0.4 is 5.73 Å². The van der Waals surface area contributed by atoms with Crippen molar-refractivity contribution in [3.63, 3.8) is 0 Å². The fourth-order valence-electron chi connectivity index (χ4n) is 2.68. The maximum Gasteiger partial charge on any atom is 0.237 e. The van der Waals surface area contributed by atoms with Gasteiger partial charge in [0.05, 0.1) is 24.3 Å². The van der Waals surface area contributed by atoms with E-state index in [9.17, 15) is 4.79 Å². The molecule has 0 saturated carbocycles. The second-order valence-corrected chi connectivity index (χ2v) is 5.02. The van der Waals surface area contributed by atoms with Crippen LogP contribution in [0.5, 0.6) is 0 Å². The third kappa shape index (κ3) is 2.08. The summed E-state index contributed by atoms with van der Waals surface area (Å²) in [5.41, 5.74) is 7.50. The van der Waals surface area contributed by atoms with Crippen LogP contribution in [-0.4, -0.2) is 47.0 Å². The van der Waals surface area contributed by atoms with Gasteiger partial charge in [0, 0.05) is 13.0 Å². The molecule has 18 heavy (non-hydrogen) atoms. The molecule has 0 atom stereocenters. The van der Waals surface area contributed by atoms with E-state index in [1.54, 1.807) is 0 Å². The van der Waals surface area contributed by atoms with Crippen molar-refractivity contribution < 1.29 is 9.32 Å². The third-order valence-corrected chi connectivity index (χ3v) is 3.78. The Morgan fingerprint density at radius 3 is 2.89 bits per heavy atom. The normalized spacial score (nSPS) is 20.1. The maximum absolute atomic E-state index is 12.2. The topological polar surface area (TPSA) is 75.6 Å². The molecule has 0 aromatic carbocycles. The van der Waals surface area contributed by atoms with E-state index in [1.165, 1.54) is 12.8 Å². The van der Waals surface area contributed by atoms with E-state index in [0.717, 1.165) is 30.8 Å². The SMILES string of the molecule is Nc1onc2c1CN(C(=O)CN1CCCC1)CC2. The van der Waals surface area contributed by atoms with E-state index in [2.05, 4.69) is 10.1 Å². The maximum atomic E-state index is 12.2. The van der Waals surface area contributed by atoms with Gasteiger partial charge in [-0.05, 0) is 25.9 Å². The minimum Gasteiger partial charge on any atom is -0.367 e. The number of rotatable bonds is 2. The third-order valence-electron chi connectivity index (χ3n) is 3.78. The van der Waals surface area contributed by atoms with Crippen molar-refractivity contribution in [1.82, 2.24) is 15.0 Å². The summed E-state index contributed by atoms with van der Waals surface area (Å²) in [5.74, 6) is 0.534. The van der Waals surface area contributed by atoms with Gasteiger partial charge in [0.2, 0.25) is 11.8 Å². The van der Waals surface area contributed by atoms with E-state index < -0.39 is 0 Å². The van der Waals surface area contributed by atoms with Crippen molar-refractivity contribution in [2.75, 3.05) is 31.9 Å². The highest BCUT2D eigenvalue weighted by atomic mass is 16.5. The molecule has 2 N–H and O–H groups in total. The Labute approximate surface area is 106 Å². The minimum absolute atomic E-state index is 0.183. The van der Waals surface area contributed by atoms with Crippen LogP contribution in [0, 0.1) is 0 Å². The summed E-state index contributed by atoms with van der Waals surface area (Å²) in [7, 11) is 0. The van der Waals surface area contributed by atoms with Crippen molar-refractivity contribution >= 4 is 11.8 Å². The zero-order valence-electron chi connectivity index (χ0n) is 10.4. The Balaban J connectivity index is 1.64. The second kappa shape index (κ2) is 4.61. The number of carbonyl (C=O) groups excluding carboxylic acids is 1. The Hall–Kier alpha value is -1.56. The first kappa shape index (κ1) is 11.5. The van der Waals surface area contributed by atoms with Gasteiger partial charge in [0.15, 0.2) is 0 Å². The van der Waals surface area contributed by atoms with Gasteiger partial charge in [-0.15, -0.1) is 0 Å². The Bertz CT molecular complexity index is 451. The molecule has 3 heterocycles. The van der Waals surface area contributed by atoms with Crippen LogP contribution in [0.4, 0.5) is 5.88 Å². The summed E-state index contributed by atoms with van der Waals surface area (Å²) >= 11 is 0. The zero-order valence-corrected chi connectivity index (χ0v) is 10.4. The Morgan fingerprint density at radius 2 is 2.11 bits per heavy atom. The van der Waals surface area contributed by atoms with Gasteiger partial charge >= 0.3 is 0 Å². The predicted molar refractivity (Wildman–Crippen MR) is 65.7 cm³/mol. The van der Waals surface area contributed by atoms with E-state index in [0.29, 0.717) is 25.5 Å². The number of carbonyl (C=O) groups is 1. The molecule has 0 spiro atoms. The van der Waals surface area contributed by atoms with Crippen molar-refractivity contribution in [2.24, 2.45) is 0 Å². The molecule has 2 aliphatic heterocycles. The number of nitrogen functional groups attached to an aromatic ring is 1. The number of hydrogen-bond donors (Lipinski definition) is 1. The summed E-state index contributed by atoms with van der Waals surface area (Å²) in [5, 5.41) is 3.90. The van der Waals surface area contributed by atoms with E-state index in [-0.39, 0.29) is 5.91 Å². The summed E-state index contributed by atoms with van der Waals surface area (Å²) in [6.45, 7) is 3.87. The predicted octanol–water partition coefficient (Wildman–Crippen LogP) is 0.237. The molecule has 3 rings (SSSR count). The zero-order chi connectivity index (χ0) is 12.5. The minimum atomic E-state index is 0.183. The van der Waals surface area contributed by atoms with Crippen LogP contribution in [-0.2, 0) is 17.8 Å². The van der Waals surface area contributed by atoms with Crippen molar-refractivity contribution in [2.45, 2.75) is 25.8 Å². The van der Waals surface area contributed by atoms with Crippen molar-refractivity contribution in [3.8, 4) is 0 Å². The summed E-state index contributed by atoms with van der Waals surface area (Å²) in [6.07, 6.45) is 3.15. The Kier molecular flexibility index (Phi) is 2.95. The number of hydrogen-bond acceptors (Lipinski definition) is 5. The highest BCUT2D eigenvalue weighted by Gasteiger charge is 2.27. The highest BCUT2D eigenvalue weighted by Crippen LogP contribution is 2.23. The van der Waals surface area contributed by atoms with Crippen LogP contribution >= 0.6 is 0 Å². The molecule has 0 unspecified atom stereocenters. The number of likely N-dealkylation sites (tertiary alicyclic amines) is 1. The highest BCUT2D eigenvalue weighted by molar-refractivity contribution is 5.78. The molecule has 0 aliphatic carbocycles. The van der Waals surface area contributed by atoms with Gasteiger partial charge in [0.25, 0.3) is 0 Å². The first-order chi connectivity index (χ1) is 8.74. The number of nitrogens with two attached hydrogens (primary N) is 1. The largest absolute Gasteiger partial charge is 0.367 e. The number of nitrogens with zero attached hydrogens (tertiary/aromatic N) is 3. The van der Waals surface area contributed by atoms with Crippen LogP contribution in [0.2, 0.25) is 0 Å². The molecule has 2 aliphatic rings. The average Bonchev–Trinajstić information content (AvgIpc) is 3.00. The number of anilines is 1. The molecule has 1 aromatic heterocycles. The van der Waals surface area contributed by atoms with E-state index in [1.807, 2.05) is 4.90 Å². The van der Waals surface area contributed by atoms with Gasteiger partial charge in [-0.1, -0.05) is 5.16 Å². The van der Waals surface area contributed by atoms with Crippen LogP contribution in [0.1, 0.15) is 24.1 Å². The molecule has 1 aromatic rings. The molecular weight excluding hydrogens is 232 g/mol. The lowest BCUT2D eigenvalue weighted by molar-refractivity contribution is -0.133. The number of amides is 1. The lowest BCUT2D eigenvalue weighted by Gasteiger charge is -2.27. The first-order valence-electron chi connectivity index (χ1n) is 6.47. The van der Waals surface area contributed by atoms with Crippen molar-refractivity contribution in [3.05, 3.63) is 11.3 Å². The van der Waals surface area contributed by atoms with Crippen molar-refractivity contribution in [1.29, 1.82) is 0 Å². The van der Waals surface area contributed by atoms with Gasteiger partial charge in [0.1, 0.15) is 0 Å². The number of fused-ring (bicyclic) bond motifs is 1. The summed E-state index contributed by atoms with van der Waals surface area (Å²) in [6, 6.07) is 0. The fourth-order valence-corrected chi connectivity index (χ4v) is 2.68. The summed E-state index contributed by atoms with van der Waals surface area (Å²) < 4.78 is 4.96. The quantitative estimate of drug-likeness (QED) is 0.813. The Morgan fingerprint density at radius 1 is 1.33 bits per heavy atom. The van der Waals surface area contributed by atoms with Gasteiger partial charge in [-0.2, -0.15) is 0 Å². The molecule has 6 nitrogen and oxygen atoms in total. The smallest absolute Gasteiger partial charge is 0.237 e. The lowest BCUT2D eigenvalue weighted by atomic mass is 10.1. The monoisotopic (exact) mass is 250 g/mol. The fraction of sp³-hybridized carbons (Fsp3) is 0.667. The standard InChI is InChI=1S/C12H18N4O2/c13-12-9-7-16(6-3-10(9)14-18-12)11(17)8-15-4-1-2-5-15/h1-8,13H2. The molecule has 0 radical (unpaired) electrons. The van der Waals surface area contributed by atoms with Gasteiger partial charge < -0.3 is 15.2 Å². The molecule has 1 fully saturated rings. The molecule has 1 amide bonds. The van der Waals surface area contributed by atoms with E-state index >= 15 is 0 Å². The lowest BCUT2D eigenvalue weighted by Crippen LogP contribution is -2.42. The molecule has 6 heteroatoms. The second-order valence-electron chi connectivity index (χ2n) is 5.02. The average molecular weight is 250 g/mol. The summed E-state index contributed by atoms with van der Waals surface area (Å²) in [4.78, 5) is 16.3. The van der Waals surface area contributed by atoms with Gasteiger partial charge in [-0.25, -0.2) is 0 Å².